The molecule has 1 unspecified atom stereocenters. The van der Waals surface area contributed by atoms with Crippen LogP contribution in [0.15, 0.2) is 36.7 Å². The first-order chi connectivity index (χ1) is 12.1. The number of benzene rings is 1. The lowest BCUT2D eigenvalue weighted by atomic mass is 10.1. The number of nitrogen functional groups attached to an aromatic ring is 1. The Balaban J connectivity index is 1.73. The maximum Gasteiger partial charge on any atom is 0.207 e. The van der Waals surface area contributed by atoms with E-state index in [0.29, 0.717) is 11.9 Å². The van der Waals surface area contributed by atoms with Crippen LogP contribution in [0.1, 0.15) is 18.8 Å². The third kappa shape index (κ3) is 1.95. The van der Waals surface area contributed by atoms with Crippen LogP contribution in [0.5, 0.6) is 0 Å². The van der Waals surface area contributed by atoms with Gasteiger partial charge in [-0.1, -0.05) is 18.2 Å². The smallest absolute Gasteiger partial charge is 0.207 e. The Hall–Kier alpha value is -3.09. The maximum absolute atomic E-state index is 6.21. The zero-order valence-electron chi connectivity index (χ0n) is 14.2. The summed E-state index contributed by atoms with van der Waals surface area (Å²) in [7, 11) is 2.01. The summed E-state index contributed by atoms with van der Waals surface area (Å²) in [6, 6.07) is 8.41. The fourth-order valence-electron chi connectivity index (χ4n) is 3.79. The van der Waals surface area contributed by atoms with Crippen LogP contribution in [0.25, 0.3) is 21.9 Å². The maximum atomic E-state index is 6.21. The molecule has 4 heterocycles. The van der Waals surface area contributed by atoms with E-state index < -0.39 is 0 Å². The van der Waals surface area contributed by atoms with Crippen molar-refractivity contribution in [2.75, 3.05) is 17.2 Å². The minimum absolute atomic E-state index is 0.311. The molecular formula is C18H19N7. The molecule has 3 aromatic heterocycles. The highest BCUT2D eigenvalue weighted by molar-refractivity contribution is 6.07. The quantitative estimate of drug-likeness (QED) is 0.610. The van der Waals surface area contributed by atoms with Crippen molar-refractivity contribution in [2.45, 2.75) is 19.5 Å². The minimum atomic E-state index is 0.311. The predicted molar refractivity (Wildman–Crippen MR) is 98.4 cm³/mol. The Kier molecular flexibility index (Phi) is 2.83. The van der Waals surface area contributed by atoms with Crippen LogP contribution in [0.3, 0.4) is 0 Å². The van der Waals surface area contributed by atoms with E-state index in [4.69, 9.17) is 10.7 Å². The van der Waals surface area contributed by atoms with Crippen LogP contribution in [-0.2, 0) is 13.6 Å². The summed E-state index contributed by atoms with van der Waals surface area (Å²) in [5.74, 6) is 2.44. The number of nitrogens with zero attached hydrogens (tertiary/aromatic N) is 6. The van der Waals surface area contributed by atoms with Crippen LogP contribution in [0.2, 0.25) is 0 Å². The summed E-state index contributed by atoms with van der Waals surface area (Å²) in [4.78, 5) is 16.1. The first-order valence-corrected chi connectivity index (χ1v) is 8.41. The largest absolute Gasteiger partial charge is 0.382 e. The van der Waals surface area contributed by atoms with Crippen LogP contribution < -0.4 is 10.6 Å². The van der Waals surface area contributed by atoms with Crippen molar-refractivity contribution in [2.24, 2.45) is 7.05 Å². The van der Waals surface area contributed by atoms with E-state index in [2.05, 4.69) is 32.4 Å². The number of aryl methyl sites for hydroxylation is 1. The van der Waals surface area contributed by atoms with Gasteiger partial charge in [-0.25, -0.2) is 15.0 Å². The van der Waals surface area contributed by atoms with Gasteiger partial charge in [0.15, 0.2) is 5.82 Å². The number of fused-ring (bicyclic) bond motifs is 5. The van der Waals surface area contributed by atoms with Gasteiger partial charge in [-0.15, -0.1) is 0 Å². The van der Waals surface area contributed by atoms with Gasteiger partial charge in [0.25, 0.3) is 0 Å². The first-order valence-electron chi connectivity index (χ1n) is 8.41. The highest BCUT2D eigenvalue weighted by atomic mass is 15.4. The SMILES string of the molecule is CC1CN(Cc2nccn2C)c2nc3c(N)nc4ccccc4c3n21. The van der Waals surface area contributed by atoms with Gasteiger partial charge in [0.05, 0.1) is 23.6 Å². The molecule has 0 spiro atoms. The first kappa shape index (κ1) is 14.3. The van der Waals surface area contributed by atoms with E-state index in [9.17, 15) is 0 Å². The van der Waals surface area contributed by atoms with Crippen molar-refractivity contribution in [3.8, 4) is 0 Å². The number of anilines is 2. The molecule has 0 radical (unpaired) electrons. The second kappa shape index (κ2) is 4.95. The molecule has 1 aromatic carbocycles. The lowest BCUT2D eigenvalue weighted by Gasteiger charge is -2.16. The van der Waals surface area contributed by atoms with Crippen molar-refractivity contribution >= 4 is 33.7 Å². The molecule has 1 aliphatic heterocycles. The number of aromatic nitrogens is 5. The Bertz CT molecular complexity index is 1110. The molecule has 4 aromatic rings. The van der Waals surface area contributed by atoms with Gasteiger partial charge in [0, 0.05) is 31.4 Å². The molecule has 2 N–H and O–H groups in total. The zero-order valence-corrected chi connectivity index (χ0v) is 14.2. The van der Waals surface area contributed by atoms with Crippen molar-refractivity contribution < 1.29 is 0 Å². The van der Waals surface area contributed by atoms with E-state index >= 15 is 0 Å². The van der Waals surface area contributed by atoms with E-state index in [0.717, 1.165) is 46.8 Å². The molecule has 25 heavy (non-hydrogen) atoms. The topological polar surface area (TPSA) is 77.8 Å². The monoisotopic (exact) mass is 333 g/mol. The Morgan fingerprint density at radius 1 is 1.24 bits per heavy atom. The number of hydrogen-bond acceptors (Lipinski definition) is 5. The summed E-state index contributed by atoms with van der Waals surface area (Å²) >= 11 is 0. The van der Waals surface area contributed by atoms with Crippen LogP contribution in [-0.4, -0.2) is 30.6 Å². The number of para-hydroxylation sites is 1. The number of nitrogens with two attached hydrogens (primary N) is 1. The average Bonchev–Trinajstić information content (AvgIpc) is 3.26. The zero-order chi connectivity index (χ0) is 17.1. The van der Waals surface area contributed by atoms with Crippen molar-refractivity contribution in [1.82, 2.24) is 24.1 Å². The summed E-state index contributed by atoms with van der Waals surface area (Å²) in [6.45, 7) is 3.85. The van der Waals surface area contributed by atoms with E-state index in [1.165, 1.54) is 0 Å². The van der Waals surface area contributed by atoms with Gasteiger partial charge in [-0.05, 0) is 13.0 Å². The van der Waals surface area contributed by atoms with Crippen molar-refractivity contribution in [3.63, 3.8) is 0 Å². The molecule has 1 atom stereocenters. The van der Waals surface area contributed by atoms with Gasteiger partial charge in [0.2, 0.25) is 5.95 Å². The third-order valence-electron chi connectivity index (χ3n) is 5.00. The molecule has 0 saturated carbocycles. The second-order valence-electron chi connectivity index (χ2n) is 6.68. The van der Waals surface area contributed by atoms with Gasteiger partial charge in [-0.3, -0.25) is 0 Å². The van der Waals surface area contributed by atoms with Gasteiger partial charge in [-0.2, -0.15) is 0 Å². The molecule has 1 aliphatic rings. The predicted octanol–water partition coefficient (Wildman–Crippen LogP) is 2.48. The molecule has 5 rings (SSSR count). The molecule has 0 bridgehead atoms. The van der Waals surface area contributed by atoms with E-state index in [-0.39, 0.29) is 0 Å². The molecule has 126 valence electrons. The normalized spacial score (nSPS) is 16.9. The van der Waals surface area contributed by atoms with Gasteiger partial charge in [0.1, 0.15) is 11.3 Å². The summed E-state index contributed by atoms with van der Waals surface area (Å²) in [5, 5.41) is 1.09. The summed E-state index contributed by atoms with van der Waals surface area (Å²) in [6.07, 6.45) is 3.79. The number of imidazole rings is 2. The van der Waals surface area contributed by atoms with Gasteiger partial charge >= 0.3 is 0 Å². The summed E-state index contributed by atoms with van der Waals surface area (Å²) in [5.41, 5.74) is 8.98. The molecule has 0 amide bonds. The molecular weight excluding hydrogens is 314 g/mol. The van der Waals surface area contributed by atoms with Crippen LogP contribution in [0.4, 0.5) is 11.8 Å². The standard InChI is InChI=1S/C18H19N7/c1-11-9-24(10-14-20-7-8-23(14)2)18-22-15-16(25(11)18)12-5-3-4-6-13(12)21-17(15)19/h3-8,11H,9-10H2,1-2H3,(H2,19,21). The number of pyridine rings is 1. The van der Waals surface area contributed by atoms with Crippen LogP contribution in [0, 0.1) is 0 Å². The molecule has 7 heteroatoms. The van der Waals surface area contributed by atoms with Gasteiger partial charge < -0.3 is 19.8 Å². The average molecular weight is 333 g/mol. The van der Waals surface area contributed by atoms with Crippen molar-refractivity contribution in [3.05, 3.63) is 42.5 Å². The third-order valence-corrected chi connectivity index (χ3v) is 5.00. The minimum Gasteiger partial charge on any atom is -0.382 e. The number of hydrogen-bond donors (Lipinski definition) is 1. The number of rotatable bonds is 2. The van der Waals surface area contributed by atoms with E-state index in [1.807, 2.05) is 42.2 Å². The Labute approximate surface area is 144 Å². The fraction of sp³-hybridized carbons (Fsp3) is 0.278. The Morgan fingerprint density at radius 3 is 2.88 bits per heavy atom. The fourth-order valence-corrected chi connectivity index (χ4v) is 3.79. The summed E-state index contributed by atoms with van der Waals surface area (Å²) < 4.78 is 4.33. The van der Waals surface area contributed by atoms with Crippen molar-refractivity contribution in [1.29, 1.82) is 0 Å². The highest BCUT2D eigenvalue weighted by Gasteiger charge is 2.31. The highest BCUT2D eigenvalue weighted by Crippen LogP contribution is 2.38. The van der Waals surface area contributed by atoms with Crippen LogP contribution >= 0.6 is 0 Å². The lowest BCUT2D eigenvalue weighted by molar-refractivity contribution is 0.620. The molecule has 0 aliphatic carbocycles. The molecule has 0 saturated heterocycles. The Morgan fingerprint density at radius 2 is 2.08 bits per heavy atom. The second-order valence-corrected chi connectivity index (χ2v) is 6.68. The van der Waals surface area contributed by atoms with E-state index in [1.54, 1.807) is 0 Å². The molecule has 7 nitrogen and oxygen atoms in total. The molecule has 0 fully saturated rings. The lowest BCUT2D eigenvalue weighted by Crippen LogP contribution is -2.23.